The Bertz CT molecular complexity index is 1680. The zero-order valence-electron chi connectivity index (χ0n) is 18.8. The lowest BCUT2D eigenvalue weighted by Crippen LogP contribution is -2.38. The largest absolute Gasteiger partial charge is 0.497 e. The summed E-state index contributed by atoms with van der Waals surface area (Å²) < 4.78 is 7.76. The predicted molar refractivity (Wildman–Crippen MR) is 142 cm³/mol. The van der Waals surface area contributed by atoms with E-state index >= 15 is 0 Å². The minimum Gasteiger partial charge on any atom is -0.497 e. The first-order valence-corrected chi connectivity index (χ1v) is 12.8. The predicted octanol–water partition coefficient (Wildman–Crippen LogP) is 5.63. The lowest BCUT2D eigenvalue weighted by Gasteiger charge is -2.30. The van der Waals surface area contributed by atoms with Crippen molar-refractivity contribution < 1.29 is 4.74 Å². The number of aromatic nitrogens is 1. The van der Waals surface area contributed by atoms with E-state index in [1.807, 2.05) is 47.0 Å². The zero-order chi connectivity index (χ0) is 24.1. The van der Waals surface area contributed by atoms with Gasteiger partial charge in [-0.2, -0.15) is 0 Å². The van der Waals surface area contributed by atoms with E-state index < -0.39 is 0 Å². The quantitative estimate of drug-likeness (QED) is 0.352. The van der Waals surface area contributed by atoms with E-state index in [9.17, 15) is 4.79 Å². The molecular weight excluding hydrogens is 499 g/mol. The second kappa shape index (κ2) is 8.83. The van der Waals surface area contributed by atoms with E-state index in [-0.39, 0.29) is 11.6 Å². The number of benzene rings is 3. The lowest BCUT2D eigenvalue weighted by molar-refractivity contribution is 0.414. The highest BCUT2D eigenvalue weighted by Crippen LogP contribution is 2.41. The van der Waals surface area contributed by atoms with Gasteiger partial charge in [-0.15, -0.1) is 0 Å². The van der Waals surface area contributed by atoms with Gasteiger partial charge in [0.1, 0.15) is 5.75 Å². The standard InChI is InChI=1S/C28H20Cl2N2O2S/c1-34-19-12-9-17(10-13-19)26-21-14-11-16-5-2-3-7-20(16)25(21)31-28-32(26)27(33)23(35-28)15-18-6-4-8-22(29)24(18)30/h2-10,12-13,15,26H,11,14H2,1H3/b23-15+/t26-/m0/s1. The molecule has 0 spiro atoms. The summed E-state index contributed by atoms with van der Waals surface area (Å²) in [7, 11) is 1.65. The van der Waals surface area contributed by atoms with Crippen molar-refractivity contribution in [2.24, 2.45) is 4.99 Å². The summed E-state index contributed by atoms with van der Waals surface area (Å²) in [5.74, 6) is 0.778. The van der Waals surface area contributed by atoms with Crippen molar-refractivity contribution >= 4 is 46.3 Å². The van der Waals surface area contributed by atoms with Crippen LogP contribution in [0.15, 0.2) is 82.1 Å². The van der Waals surface area contributed by atoms with E-state index in [4.69, 9.17) is 32.9 Å². The van der Waals surface area contributed by atoms with Crippen molar-refractivity contribution in [3.8, 4) is 5.75 Å². The average Bonchev–Trinajstić information content (AvgIpc) is 3.20. The van der Waals surface area contributed by atoms with Crippen LogP contribution in [-0.2, 0) is 6.42 Å². The smallest absolute Gasteiger partial charge is 0.271 e. The molecule has 174 valence electrons. The van der Waals surface area contributed by atoms with Crippen molar-refractivity contribution in [3.05, 3.63) is 124 Å². The van der Waals surface area contributed by atoms with Gasteiger partial charge >= 0.3 is 0 Å². The summed E-state index contributed by atoms with van der Waals surface area (Å²) in [5.41, 5.74) is 6.21. The number of hydrogen-bond acceptors (Lipinski definition) is 4. The first kappa shape index (κ1) is 22.4. The zero-order valence-corrected chi connectivity index (χ0v) is 21.1. The number of aryl methyl sites for hydroxylation is 1. The Morgan fingerprint density at radius 3 is 2.63 bits per heavy atom. The average molecular weight is 519 g/mol. The first-order valence-electron chi connectivity index (χ1n) is 11.3. The van der Waals surface area contributed by atoms with Crippen LogP contribution in [0.5, 0.6) is 5.75 Å². The maximum Gasteiger partial charge on any atom is 0.271 e. The monoisotopic (exact) mass is 518 g/mol. The Labute approximate surface area is 216 Å². The van der Waals surface area contributed by atoms with Crippen LogP contribution in [0.1, 0.15) is 34.7 Å². The molecule has 0 amide bonds. The van der Waals surface area contributed by atoms with E-state index in [0.717, 1.165) is 41.0 Å². The summed E-state index contributed by atoms with van der Waals surface area (Å²) in [5, 5.41) is 0.885. The second-order valence-electron chi connectivity index (χ2n) is 8.53. The maximum atomic E-state index is 13.8. The molecule has 1 aliphatic heterocycles. The van der Waals surface area contributed by atoms with Gasteiger partial charge in [-0.3, -0.25) is 9.36 Å². The molecule has 1 atom stereocenters. The third kappa shape index (κ3) is 3.75. The molecule has 0 radical (unpaired) electrons. The Kier molecular flexibility index (Phi) is 5.64. The minimum atomic E-state index is -0.238. The van der Waals surface area contributed by atoms with Gasteiger partial charge < -0.3 is 4.74 Å². The highest BCUT2D eigenvalue weighted by molar-refractivity contribution is 7.07. The Morgan fingerprint density at radius 2 is 1.83 bits per heavy atom. The summed E-state index contributed by atoms with van der Waals surface area (Å²) in [6.07, 6.45) is 3.57. The van der Waals surface area contributed by atoms with Gasteiger partial charge in [-0.05, 0) is 59.4 Å². The van der Waals surface area contributed by atoms with Gasteiger partial charge in [-0.25, -0.2) is 4.99 Å². The molecular formula is C28H20Cl2N2O2S. The fourth-order valence-electron chi connectivity index (χ4n) is 4.88. The number of nitrogens with zero attached hydrogens (tertiary/aromatic N) is 2. The van der Waals surface area contributed by atoms with Crippen LogP contribution >= 0.6 is 34.5 Å². The Balaban J connectivity index is 1.62. The molecule has 0 saturated carbocycles. The van der Waals surface area contributed by atoms with Crippen LogP contribution < -0.4 is 19.6 Å². The van der Waals surface area contributed by atoms with E-state index in [0.29, 0.717) is 24.9 Å². The number of hydrogen-bond donors (Lipinski definition) is 0. The Morgan fingerprint density at radius 1 is 1.03 bits per heavy atom. The molecule has 1 aliphatic carbocycles. The molecule has 2 heterocycles. The van der Waals surface area contributed by atoms with Gasteiger partial charge in [0.15, 0.2) is 4.80 Å². The molecule has 3 aromatic carbocycles. The number of thiazole rings is 1. The fraction of sp³-hybridized carbons (Fsp3) is 0.143. The molecule has 0 fully saturated rings. The van der Waals surface area contributed by atoms with Crippen molar-refractivity contribution in [3.63, 3.8) is 0 Å². The van der Waals surface area contributed by atoms with E-state index in [2.05, 4.69) is 18.2 Å². The SMILES string of the molecule is COc1ccc([C@H]2C3=C(N=c4s/c(=C/c5cccc(Cl)c5Cl)c(=O)n42)c2ccccc2CC3)cc1. The fourth-order valence-corrected chi connectivity index (χ4v) is 6.24. The summed E-state index contributed by atoms with van der Waals surface area (Å²) in [4.78, 5) is 19.5. The molecule has 6 rings (SSSR count). The highest BCUT2D eigenvalue weighted by atomic mass is 35.5. The maximum absolute atomic E-state index is 13.8. The third-order valence-electron chi connectivity index (χ3n) is 6.57. The van der Waals surface area contributed by atoms with Crippen LogP contribution in [0.25, 0.3) is 11.8 Å². The molecule has 0 N–H and O–H groups in total. The van der Waals surface area contributed by atoms with Gasteiger partial charge in [0.25, 0.3) is 5.56 Å². The molecule has 0 bridgehead atoms. The van der Waals surface area contributed by atoms with Crippen molar-refractivity contribution in [2.75, 3.05) is 7.11 Å². The van der Waals surface area contributed by atoms with Crippen LogP contribution in [0, 0.1) is 0 Å². The highest BCUT2D eigenvalue weighted by Gasteiger charge is 2.32. The van der Waals surface area contributed by atoms with Crippen LogP contribution in [0.4, 0.5) is 0 Å². The van der Waals surface area contributed by atoms with Crippen molar-refractivity contribution in [2.45, 2.75) is 18.9 Å². The van der Waals surface area contributed by atoms with Gasteiger partial charge in [0.05, 0.1) is 33.4 Å². The van der Waals surface area contributed by atoms with Gasteiger partial charge in [0, 0.05) is 5.56 Å². The number of rotatable bonds is 3. The van der Waals surface area contributed by atoms with Crippen LogP contribution in [0.3, 0.4) is 0 Å². The summed E-state index contributed by atoms with van der Waals surface area (Å²) in [6, 6.07) is 21.5. The number of halogens is 2. The molecule has 0 unspecified atom stereocenters. The molecule has 4 nitrogen and oxygen atoms in total. The topological polar surface area (TPSA) is 43.6 Å². The van der Waals surface area contributed by atoms with Crippen LogP contribution in [-0.4, -0.2) is 11.7 Å². The van der Waals surface area contributed by atoms with E-state index in [1.165, 1.54) is 16.9 Å². The minimum absolute atomic E-state index is 0.0870. The summed E-state index contributed by atoms with van der Waals surface area (Å²) in [6.45, 7) is 0. The number of allylic oxidation sites excluding steroid dienone is 1. The third-order valence-corrected chi connectivity index (χ3v) is 8.39. The van der Waals surface area contributed by atoms with Crippen molar-refractivity contribution in [1.29, 1.82) is 0 Å². The number of methoxy groups -OCH3 is 1. The molecule has 35 heavy (non-hydrogen) atoms. The second-order valence-corrected chi connectivity index (χ2v) is 10.3. The normalized spacial score (nSPS) is 16.9. The van der Waals surface area contributed by atoms with Crippen molar-refractivity contribution in [1.82, 2.24) is 4.57 Å². The summed E-state index contributed by atoms with van der Waals surface area (Å²) >= 11 is 14.0. The number of ether oxygens (including phenoxy) is 1. The molecule has 4 aromatic rings. The molecule has 7 heteroatoms. The van der Waals surface area contributed by atoms with Crippen LogP contribution in [0.2, 0.25) is 10.0 Å². The first-order chi connectivity index (χ1) is 17.0. The molecule has 0 saturated heterocycles. The lowest BCUT2D eigenvalue weighted by atomic mass is 9.83. The van der Waals surface area contributed by atoms with Gasteiger partial charge in [-0.1, -0.05) is 83.1 Å². The molecule has 2 aliphatic rings. The molecule has 1 aromatic heterocycles. The number of fused-ring (bicyclic) bond motifs is 3. The van der Waals surface area contributed by atoms with E-state index in [1.54, 1.807) is 19.3 Å². The Hall–Kier alpha value is -3.12. The van der Waals surface area contributed by atoms with Gasteiger partial charge in [0.2, 0.25) is 0 Å².